The molecule has 2 saturated carbocycles. The van der Waals surface area contributed by atoms with Gasteiger partial charge in [-0.3, -0.25) is 0 Å². The van der Waals surface area contributed by atoms with Crippen LogP contribution in [0.3, 0.4) is 0 Å². The number of hydrogen-bond acceptors (Lipinski definition) is 4. The average Bonchev–Trinajstić information content (AvgIpc) is 3.33. The second kappa shape index (κ2) is 10.7. The minimum absolute atomic E-state index is 0.0713. The molecule has 2 fully saturated rings. The molecule has 0 aliphatic heterocycles. The fourth-order valence-corrected chi connectivity index (χ4v) is 5.02. The Bertz CT molecular complexity index is 732. The van der Waals surface area contributed by atoms with E-state index in [-0.39, 0.29) is 12.6 Å². The summed E-state index contributed by atoms with van der Waals surface area (Å²) in [6.45, 7) is 2.10. The molecule has 0 amide bonds. The van der Waals surface area contributed by atoms with E-state index in [1.54, 1.807) is 0 Å². The fourth-order valence-electron chi connectivity index (χ4n) is 5.02. The highest BCUT2D eigenvalue weighted by atomic mass is 16.6. The lowest BCUT2D eigenvalue weighted by molar-refractivity contribution is -0.142. The molecule has 1 aromatic carbocycles. The molecule has 0 saturated heterocycles. The van der Waals surface area contributed by atoms with Crippen molar-refractivity contribution in [3.63, 3.8) is 0 Å². The number of aliphatic hydroxyl groups is 1. The number of aliphatic hydroxyl groups excluding tert-OH is 1. The van der Waals surface area contributed by atoms with Crippen molar-refractivity contribution in [1.82, 2.24) is 0 Å². The van der Waals surface area contributed by atoms with Gasteiger partial charge in [0.15, 0.2) is 6.61 Å². The maximum Gasteiger partial charge on any atom is 0.343 e. The van der Waals surface area contributed by atoms with Crippen molar-refractivity contribution in [1.29, 1.82) is 0 Å². The third-order valence-corrected chi connectivity index (χ3v) is 6.54. The molecular formula is C25H34O4. The summed E-state index contributed by atoms with van der Waals surface area (Å²) in [6.07, 6.45) is 8.48. The number of ether oxygens (including phenoxy) is 2. The summed E-state index contributed by atoms with van der Waals surface area (Å²) in [7, 11) is 1.36. The lowest BCUT2D eigenvalue weighted by Crippen LogP contribution is -2.23. The molecule has 0 heterocycles. The number of benzene rings is 1. The molecule has 0 spiro atoms. The number of methoxy groups -OCH3 is 1. The molecule has 1 aromatic rings. The Morgan fingerprint density at radius 2 is 2.10 bits per heavy atom. The summed E-state index contributed by atoms with van der Waals surface area (Å²) < 4.78 is 10.2. The molecule has 2 aliphatic rings. The smallest absolute Gasteiger partial charge is 0.343 e. The van der Waals surface area contributed by atoms with Crippen molar-refractivity contribution in [2.45, 2.75) is 64.4 Å². The SMILES string of the molecule is CCCCC[C@H](O)C#C[C@H]1[C@@H]2CC[C@@H](C2)[C@H]1Cc1cccc(OCC(=O)OC)c1. The van der Waals surface area contributed by atoms with Crippen molar-refractivity contribution in [3.05, 3.63) is 29.8 Å². The molecule has 2 bridgehead atoms. The minimum Gasteiger partial charge on any atom is -0.482 e. The van der Waals surface area contributed by atoms with Crippen LogP contribution in [0.2, 0.25) is 0 Å². The first-order valence-electron chi connectivity index (χ1n) is 11.1. The molecule has 0 radical (unpaired) electrons. The van der Waals surface area contributed by atoms with Crippen LogP contribution in [0.1, 0.15) is 57.4 Å². The van der Waals surface area contributed by atoms with Crippen molar-refractivity contribution >= 4 is 5.97 Å². The van der Waals surface area contributed by atoms with E-state index in [1.807, 2.05) is 18.2 Å². The molecule has 4 heteroatoms. The van der Waals surface area contributed by atoms with Crippen LogP contribution in [-0.2, 0) is 16.0 Å². The maximum atomic E-state index is 11.3. The molecule has 3 rings (SSSR count). The van der Waals surface area contributed by atoms with Crippen molar-refractivity contribution in [2.24, 2.45) is 23.7 Å². The predicted octanol–water partition coefficient (Wildman–Crippen LogP) is 4.39. The van der Waals surface area contributed by atoms with Crippen molar-refractivity contribution in [2.75, 3.05) is 13.7 Å². The van der Waals surface area contributed by atoms with Gasteiger partial charge in [-0.1, -0.05) is 43.7 Å². The van der Waals surface area contributed by atoms with Crippen LogP contribution in [0.15, 0.2) is 24.3 Å². The topological polar surface area (TPSA) is 55.8 Å². The maximum absolute atomic E-state index is 11.3. The van der Waals surface area contributed by atoms with Gasteiger partial charge in [0.1, 0.15) is 11.9 Å². The van der Waals surface area contributed by atoms with Crippen molar-refractivity contribution < 1.29 is 19.4 Å². The Kier molecular flexibility index (Phi) is 8.00. The third kappa shape index (κ3) is 6.00. The van der Waals surface area contributed by atoms with Gasteiger partial charge in [-0.05, 0) is 74.0 Å². The minimum atomic E-state index is -0.489. The number of fused-ring (bicyclic) bond motifs is 2. The van der Waals surface area contributed by atoms with E-state index in [2.05, 4.69) is 29.6 Å². The highest BCUT2D eigenvalue weighted by molar-refractivity contribution is 5.70. The van der Waals surface area contributed by atoms with Crippen LogP contribution >= 0.6 is 0 Å². The normalized spacial score (nSPS) is 25.9. The molecule has 5 atom stereocenters. The lowest BCUT2D eigenvalue weighted by atomic mass is 9.76. The molecule has 4 nitrogen and oxygen atoms in total. The van der Waals surface area contributed by atoms with E-state index in [1.165, 1.54) is 31.9 Å². The van der Waals surface area contributed by atoms with E-state index in [4.69, 9.17) is 4.74 Å². The van der Waals surface area contributed by atoms with E-state index in [0.29, 0.717) is 23.5 Å². The summed E-state index contributed by atoms with van der Waals surface area (Å²) in [4.78, 5) is 11.3. The van der Waals surface area contributed by atoms with Gasteiger partial charge in [0.05, 0.1) is 7.11 Å². The van der Waals surface area contributed by atoms with Crippen molar-refractivity contribution in [3.8, 4) is 17.6 Å². The zero-order valence-electron chi connectivity index (χ0n) is 17.7. The van der Waals surface area contributed by atoms with Gasteiger partial charge < -0.3 is 14.6 Å². The number of hydrogen-bond donors (Lipinski definition) is 1. The van der Waals surface area contributed by atoms with Crippen LogP contribution in [0.5, 0.6) is 5.75 Å². The van der Waals surface area contributed by atoms with Crippen LogP contribution in [0, 0.1) is 35.5 Å². The van der Waals surface area contributed by atoms with Crippen LogP contribution in [0.25, 0.3) is 0 Å². The summed E-state index contributed by atoms with van der Waals surface area (Å²) in [5, 5.41) is 10.2. The second-order valence-corrected chi connectivity index (χ2v) is 8.54. The summed E-state index contributed by atoms with van der Waals surface area (Å²) in [5.74, 6) is 9.30. The molecular weight excluding hydrogens is 364 g/mol. The first kappa shape index (κ1) is 21.7. The molecule has 0 aromatic heterocycles. The highest BCUT2D eigenvalue weighted by Gasteiger charge is 2.46. The van der Waals surface area contributed by atoms with Crippen LogP contribution in [-0.4, -0.2) is 30.9 Å². The number of carbonyl (C=O) groups excluding carboxylic acids is 1. The zero-order valence-corrected chi connectivity index (χ0v) is 17.7. The Hall–Kier alpha value is -1.99. The number of esters is 1. The first-order chi connectivity index (χ1) is 14.1. The van der Waals surface area contributed by atoms with Gasteiger partial charge >= 0.3 is 5.97 Å². The summed E-state index contributed by atoms with van der Waals surface area (Å²) in [6, 6.07) is 8.00. The Balaban J connectivity index is 1.62. The summed E-state index contributed by atoms with van der Waals surface area (Å²) >= 11 is 0. The van der Waals surface area contributed by atoms with E-state index in [0.717, 1.165) is 38.0 Å². The zero-order chi connectivity index (χ0) is 20.6. The largest absolute Gasteiger partial charge is 0.482 e. The van der Waals surface area contributed by atoms with Gasteiger partial charge in [0.25, 0.3) is 0 Å². The molecule has 1 N–H and O–H groups in total. The fraction of sp³-hybridized carbons (Fsp3) is 0.640. The van der Waals surface area contributed by atoms with E-state index in [9.17, 15) is 9.90 Å². The van der Waals surface area contributed by atoms with E-state index < -0.39 is 6.10 Å². The van der Waals surface area contributed by atoms with Gasteiger partial charge in [-0.15, -0.1) is 0 Å². The molecule has 158 valence electrons. The standard InChI is InChI=1S/C25H34O4/c1-3-4-5-8-21(26)12-13-23-19-10-11-20(16-19)24(23)15-18-7-6-9-22(14-18)29-17-25(27)28-2/h6-7,9,14,19-21,23-24,26H,3-5,8,10-11,15-17H2,1-2H3/t19-,20+,21+,23+,24-/m1/s1. The van der Waals surface area contributed by atoms with E-state index >= 15 is 0 Å². The number of carbonyl (C=O) groups is 1. The Morgan fingerprint density at radius 1 is 1.28 bits per heavy atom. The average molecular weight is 399 g/mol. The van der Waals surface area contributed by atoms with Gasteiger partial charge in [0, 0.05) is 5.92 Å². The quantitative estimate of drug-likeness (QED) is 0.381. The second-order valence-electron chi connectivity index (χ2n) is 8.54. The van der Waals surface area contributed by atoms with Crippen LogP contribution in [0.4, 0.5) is 0 Å². The molecule has 29 heavy (non-hydrogen) atoms. The predicted molar refractivity (Wildman–Crippen MR) is 113 cm³/mol. The Labute approximate surface area is 175 Å². The monoisotopic (exact) mass is 398 g/mol. The number of rotatable bonds is 9. The van der Waals surface area contributed by atoms with Gasteiger partial charge in [-0.25, -0.2) is 4.79 Å². The lowest BCUT2D eigenvalue weighted by Gasteiger charge is -2.28. The summed E-state index contributed by atoms with van der Waals surface area (Å²) in [5.41, 5.74) is 1.22. The first-order valence-corrected chi connectivity index (χ1v) is 11.1. The molecule has 2 aliphatic carbocycles. The molecule has 0 unspecified atom stereocenters. The highest BCUT2D eigenvalue weighted by Crippen LogP contribution is 2.53. The Morgan fingerprint density at radius 3 is 2.90 bits per heavy atom. The van der Waals surface area contributed by atoms with Gasteiger partial charge in [-0.2, -0.15) is 0 Å². The van der Waals surface area contributed by atoms with Gasteiger partial charge in [0.2, 0.25) is 0 Å². The third-order valence-electron chi connectivity index (χ3n) is 6.54. The number of unbranched alkanes of at least 4 members (excludes halogenated alkanes) is 2. The van der Waals surface area contributed by atoms with Crippen LogP contribution < -0.4 is 4.74 Å².